The van der Waals surface area contributed by atoms with Gasteiger partial charge in [0, 0.05) is 36.6 Å². The normalized spacial score (nSPS) is 10.8. The van der Waals surface area contributed by atoms with Crippen LogP contribution in [0.3, 0.4) is 0 Å². The Morgan fingerprint density at radius 1 is 1.03 bits per heavy atom. The van der Waals surface area contributed by atoms with Crippen molar-refractivity contribution in [2.45, 2.75) is 47.0 Å². The van der Waals surface area contributed by atoms with Crippen molar-refractivity contribution >= 4 is 17.4 Å². The van der Waals surface area contributed by atoms with E-state index in [1.54, 1.807) is 0 Å². The average Bonchev–Trinajstić information content (AvgIpc) is 3.17. The number of hydrogen-bond donors (Lipinski definition) is 0. The number of aryl methyl sites for hydroxylation is 2. The standard InChI is InChI=1S/C24H29N3O2S/c1-5-13-27(14-6-2)23(28)20-12-9-18(4)21(16-20)29-24-25-22(26-30-24)15-19-10-7-17(3)8-11-19/h7-12,16H,5-6,13-15H2,1-4H3. The molecule has 0 aliphatic heterocycles. The summed E-state index contributed by atoms with van der Waals surface area (Å²) in [6.45, 7) is 9.73. The molecule has 1 heterocycles. The number of benzene rings is 2. The smallest absolute Gasteiger partial charge is 0.298 e. The first-order valence-corrected chi connectivity index (χ1v) is 11.2. The summed E-state index contributed by atoms with van der Waals surface area (Å²) in [6.07, 6.45) is 2.55. The molecule has 0 fully saturated rings. The minimum atomic E-state index is 0.0425. The fraction of sp³-hybridized carbons (Fsp3) is 0.375. The second kappa shape index (κ2) is 10.3. The van der Waals surface area contributed by atoms with Gasteiger partial charge in [-0.2, -0.15) is 9.36 Å². The van der Waals surface area contributed by atoms with Crippen LogP contribution in [0.1, 0.15) is 59.6 Å². The summed E-state index contributed by atoms with van der Waals surface area (Å²) in [5, 5.41) is 0.490. The van der Waals surface area contributed by atoms with Crippen molar-refractivity contribution < 1.29 is 9.53 Å². The Kier molecular flexibility index (Phi) is 7.57. The van der Waals surface area contributed by atoms with Crippen molar-refractivity contribution in [2.24, 2.45) is 0 Å². The number of aromatic nitrogens is 2. The molecule has 0 aliphatic carbocycles. The molecule has 0 atom stereocenters. The van der Waals surface area contributed by atoms with E-state index in [0.717, 1.165) is 37.3 Å². The molecule has 2 aromatic carbocycles. The molecule has 1 aromatic heterocycles. The van der Waals surface area contributed by atoms with E-state index >= 15 is 0 Å². The maximum Gasteiger partial charge on any atom is 0.298 e. The average molecular weight is 424 g/mol. The van der Waals surface area contributed by atoms with Gasteiger partial charge in [0.1, 0.15) is 5.75 Å². The first kappa shape index (κ1) is 22.0. The molecule has 0 bridgehead atoms. The summed E-state index contributed by atoms with van der Waals surface area (Å²) in [5.41, 5.74) is 4.00. The second-order valence-corrected chi connectivity index (χ2v) is 8.23. The molecule has 3 rings (SSSR count). The highest BCUT2D eigenvalue weighted by molar-refractivity contribution is 7.07. The van der Waals surface area contributed by atoms with Gasteiger partial charge in [-0.3, -0.25) is 4.79 Å². The summed E-state index contributed by atoms with van der Waals surface area (Å²) in [5.74, 6) is 1.42. The lowest BCUT2D eigenvalue weighted by atomic mass is 10.1. The molecule has 0 radical (unpaired) electrons. The molecule has 158 valence electrons. The molecular formula is C24H29N3O2S. The van der Waals surface area contributed by atoms with Gasteiger partial charge in [-0.15, -0.1) is 0 Å². The molecule has 3 aromatic rings. The minimum Gasteiger partial charge on any atom is -0.430 e. The maximum atomic E-state index is 12.9. The summed E-state index contributed by atoms with van der Waals surface area (Å²) in [6, 6.07) is 14.0. The maximum absolute atomic E-state index is 12.9. The molecule has 6 heteroatoms. The SMILES string of the molecule is CCCN(CCC)C(=O)c1ccc(C)c(Oc2nc(Cc3ccc(C)cc3)ns2)c1. The largest absolute Gasteiger partial charge is 0.430 e. The highest BCUT2D eigenvalue weighted by Gasteiger charge is 2.17. The van der Waals surface area contributed by atoms with Gasteiger partial charge in [-0.25, -0.2) is 0 Å². The Balaban J connectivity index is 1.73. The predicted molar refractivity (Wildman–Crippen MR) is 122 cm³/mol. The van der Waals surface area contributed by atoms with Crippen LogP contribution >= 0.6 is 11.5 Å². The van der Waals surface area contributed by atoms with Gasteiger partial charge < -0.3 is 9.64 Å². The number of ether oxygens (including phenoxy) is 1. The Morgan fingerprint density at radius 2 is 1.73 bits per heavy atom. The van der Waals surface area contributed by atoms with E-state index in [4.69, 9.17) is 4.74 Å². The van der Waals surface area contributed by atoms with E-state index in [1.165, 1.54) is 22.7 Å². The van der Waals surface area contributed by atoms with E-state index < -0.39 is 0 Å². The second-order valence-electron chi connectivity index (χ2n) is 7.51. The highest BCUT2D eigenvalue weighted by atomic mass is 32.1. The zero-order chi connectivity index (χ0) is 21.5. The van der Waals surface area contributed by atoms with Crippen LogP contribution in [0.25, 0.3) is 0 Å². The van der Waals surface area contributed by atoms with Gasteiger partial charge in [0.2, 0.25) is 0 Å². The van der Waals surface area contributed by atoms with Crippen molar-refractivity contribution in [1.82, 2.24) is 14.3 Å². The Hall–Kier alpha value is -2.73. The van der Waals surface area contributed by atoms with Crippen LogP contribution in [0.15, 0.2) is 42.5 Å². The predicted octanol–water partition coefficient (Wildman–Crippen LogP) is 5.80. The number of carbonyl (C=O) groups is 1. The van der Waals surface area contributed by atoms with E-state index in [2.05, 4.69) is 54.4 Å². The van der Waals surface area contributed by atoms with Gasteiger partial charge in [0.15, 0.2) is 5.82 Å². The third-order valence-electron chi connectivity index (χ3n) is 4.84. The van der Waals surface area contributed by atoms with Crippen LogP contribution in [0.5, 0.6) is 10.9 Å². The molecule has 0 saturated heterocycles. The summed E-state index contributed by atoms with van der Waals surface area (Å²) >= 11 is 1.23. The summed E-state index contributed by atoms with van der Waals surface area (Å²) in [7, 11) is 0. The summed E-state index contributed by atoms with van der Waals surface area (Å²) < 4.78 is 10.4. The Morgan fingerprint density at radius 3 is 2.40 bits per heavy atom. The van der Waals surface area contributed by atoms with Gasteiger partial charge in [-0.05, 0) is 49.9 Å². The number of amides is 1. The first-order valence-electron chi connectivity index (χ1n) is 10.5. The van der Waals surface area contributed by atoms with Crippen molar-refractivity contribution in [3.63, 3.8) is 0 Å². The number of nitrogens with zero attached hydrogens (tertiary/aromatic N) is 3. The van der Waals surface area contributed by atoms with E-state index in [0.29, 0.717) is 22.9 Å². The molecule has 0 spiro atoms. The lowest BCUT2D eigenvalue weighted by Gasteiger charge is -2.22. The fourth-order valence-electron chi connectivity index (χ4n) is 3.21. The van der Waals surface area contributed by atoms with Crippen molar-refractivity contribution in [2.75, 3.05) is 13.1 Å². The fourth-order valence-corrected chi connectivity index (χ4v) is 3.78. The third-order valence-corrected chi connectivity index (χ3v) is 5.47. The quantitative estimate of drug-likeness (QED) is 0.436. The third kappa shape index (κ3) is 5.66. The lowest BCUT2D eigenvalue weighted by Crippen LogP contribution is -2.32. The van der Waals surface area contributed by atoms with Crippen molar-refractivity contribution in [1.29, 1.82) is 0 Å². The topological polar surface area (TPSA) is 55.3 Å². The molecule has 5 nitrogen and oxygen atoms in total. The molecule has 0 unspecified atom stereocenters. The molecule has 1 amide bonds. The van der Waals surface area contributed by atoms with Gasteiger partial charge in [-0.1, -0.05) is 49.7 Å². The van der Waals surface area contributed by atoms with Crippen LogP contribution in [0.2, 0.25) is 0 Å². The van der Waals surface area contributed by atoms with Crippen LogP contribution < -0.4 is 4.74 Å². The van der Waals surface area contributed by atoms with E-state index in [-0.39, 0.29) is 5.91 Å². The number of hydrogen-bond acceptors (Lipinski definition) is 5. The van der Waals surface area contributed by atoms with Gasteiger partial charge in [0.05, 0.1) is 0 Å². The first-order chi connectivity index (χ1) is 14.5. The monoisotopic (exact) mass is 423 g/mol. The zero-order valence-corrected chi connectivity index (χ0v) is 19.0. The zero-order valence-electron chi connectivity index (χ0n) is 18.1. The minimum absolute atomic E-state index is 0.0425. The number of carbonyl (C=O) groups excluding carboxylic acids is 1. The highest BCUT2D eigenvalue weighted by Crippen LogP contribution is 2.28. The number of rotatable bonds is 9. The van der Waals surface area contributed by atoms with E-state index in [9.17, 15) is 4.79 Å². The summed E-state index contributed by atoms with van der Waals surface area (Å²) in [4.78, 5) is 19.3. The molecule has 30 heavy (non-hydrogen) atoms. The lowest BCUT2D eigenvalue weighted by molar-refractivity contribution is 0.0755. The van der Waals surface area contributed by atoms with Crippen LogP contribution in [-0.2, 0) is 6.42 Å². The molecular weight excluding hydrogens is 394 g/mol. The van der Waals surface area contributed by atoms with Crippen molar-refractivity contribution in [3.8, 4) is 10.9 Å². The van der Waals surface area contributed by atoms with Crippen LogP contribution in [0.4, 0.5) is 0 Å². The molecule has 0 N–H and O–H groups in total. The Labute approximate surface area is 182 Å². The van der Waals surface area contributed by atoms with Crippen LogP contribution in [-0.4, -0.2) is 33.3 Å². The Bertz CT molecular complexity index is 976. The van der Waals surface area contributed by atoms with Crippen LogP contribution in [0, 0.1) is 13.8 Å². The molecule has 0 aliphatic rings. The molecule has 0 saturated carbocycles. The van der Waals surface area contributed by atoms with Gasteiger partial charge >= 0.3 is 0 Å². The van der Waals surface area contributed by atoms with Gasteiger partial charge in [0.25, 0.3) is 11.1 Å². The van der Waals surface area contributed by atoms with Crippen molar-refractivity contribution in [3.05, 3.63) is 70.5 Å². The van der Waals surface area contributed by atoms with E-state index in [1.807, 2.05) is 30.0 Å².